The molecule has 0 aliphatic heterocycles. The van der Waals surface area contributed by atoms with Crippen molar-refractivity contribution < 1.29 is 22.4 Å². The molecule has 0 fully saturated rings. The Balaban J connectivity index is 1.80. The summed E-state index contributed by atoms with van der Waals surface area (Å²) in [5.74, 6) is -1.15. The van der Waals surface area contributed by atoms with Crippen LogP contribution in [0.15, 0.2) is 108 Å². The third-order valence-electron chi connectivity index (χ3n) is 7.62. The van der Waals surface area contributed by atoms with Crippen molar-refractivity contribution in [3.8, 4) is 0 Å². The molecule has 1 unspecified atom stereocenters. The molecule has 0 aliphatic carbocycles. The zero-order chi connectivity index (χ0) is 32.6. The Morgan fingerprint density at radius 3 is 2.02 bits per heavy atom. The van der Waals surface area contributed by atoms with Gasteiger partial charge in [-0.2, -0.15) is 0 Å². The summed E-state index contributed by atoms with van der Waals surface area (Å²) in [5, 5.41) is 2.83. The summed E-state index contributed by atoms with van der Waals surface area (Å²) in [4.78, 5) is 29.4. The molecule has 4 aromatic rings. The number of rotatable bonds is 13. The van der Waals surface area contributed by atoms with Crippen LogP contribution in [0.5, 0.6) is 0 Å². The van der Waals surface area contributed by atoms with Crippen LogP contribution in [0.3, 0.4) is 0 Å². The van der Waals surface area contributed by atoms with Crippen LogP contribution in [0.1, 0.15) is 48.9 Å². The Hall–Kier alpha value is -4.50. The number of anilines is 1. The molecular weight excluding hydrogens is 589 g/mol. The summed E-state index contributed by atoms with van der Waals surface area (Å²) >= 11 is 0. The molecule has 45 heavy (non-hydrogen) atoms. The molecule has 0 aliphatic rings. The standard InChI is InChI=1S/C36H40FN3O4S/c1-5-38-36(42)34(23-28-9-7-6-8-10-28)39(24-29-13-17-31(37)18-14-29)35(41)25-40(32-19-15-30(16-20-32)26(2)3)45(43,44)33-21-11-27(4)12-22-33/h6-22,26,34H,5,23-25H2,1-4H3,(H,38,42). The van der Waals surface area contributed by atoms with E-state index in [9.17, 15) is 22.4 Å². The van der Waals surface area contributed by atoms with E-state index in [0.29, 0.717) is 17.8 Å². The van der Waals surface area contributed by atoms with E-state index < -0.39 is 34.3 Å². The molecule has 1 atom stereocenters. The lowest BCUT2D eigenvalue weighted by Gasteiger charge is -2.34. The van der Waals surface area contributed by atoms with Gasteiger partial charge in [0.2, 0.25) is 11.8 Å². The summed E-state index contributed by atoms with van der Waals surface area (Å²) in [5.41, 5.74) is 3.68. The van der Waals surface area contributed by atoms with E-state index in [0.717, 1.165) is 21.0 Å². The van der Waals surface area contributed by atoms with Gasteiger partial charge < -0.3 is 10.2 Å². The fourth-order valence-corrected chi connectivity index (χ4v) is 6.44. The zero-order valence-corrected chi connectivity index (χ0v) is 26.9. The number of halogens is 1. The van der Waals surface area contributed by atoms with Crippen LogP contribution >= 0.6 is 0 Å². The number of nitrogens with one attached hydrogen (secondary N) is 1. The third kappa shape index (κ3) is 8.57. The van der Waals surface area contributed by atoms with Gasteiger partial charge >= 0.3 is 0 Å². The van der Waals surface area contributed by atoms with Crippen molar-refractivity contribution in [1.82, 2.24) is 10.2 Å². The minimum absolute atomic E-state index is 0.0293. The van der Waals surface area contributed by atoms with Crippen LogP contribution in [-0.4, -0.2) is 44.3 Å². The number of hydrogen-bond donors (Lipinski definition) is 1. The maximum atomic E-state index is 14.4. The summed E-state index contributed by atoms with van der Waals surface area (Å²) in [6, 6.07) is 27.6. The first-order valence-electron chi connectivity index (χ1n) is 15.0. The van der Waals surface area contributed by atoms with Gasteiger partial charge in [-0.15, -0.1) is 0 Å². The van der Waals surface area contributed by atoms with Gasteiger partial charge in [0.25, 0.3) is 10.0 Å². The number of benzene rings is 4. The first kappa shape index (κ1) is 33.4. The van der Waals surface area contributed by atoms with Gasteiger partial charge in [0.15, 0.2) is 0 Å². The number of hydrogen-bond acceptors (Lipinski definition) is 4. The Kier molecular flexibility index (Phi) is 11.1. The van der Waals surface area contributed by atoms with Crippen LogP contribution in [0.25, 0.3) is 0 Å². The van der Waals surface area contributed by atoms with E-state index in [4.69, 9.17) is 0 Å². The van der Waals surface area contributed by atoms with E-state index in [1.54, 1.807) is 43.3 Å². The highest BCUT2D eigenvalue weighted by Crippen LogP contribution is 2.27. The minimum Gasteiger partial charge on any atom is -0.355 e. The van der Waals surface area contributed by atoms with Gasteiger partial charge in [-0.1, -0.05) is 86.1 Å². The van der Waals surface area contributed by atoms with Crippen molar-refractivity contribution in [2.45, 2.75) is 57.5 Å². The van der Waals surface area contributed by atoms with Crippen molar-refractivity contribution in [1.29, 1.82) is 0 Å². The summed E-state index contributed by atoms with van der Waals surface area (Å²) in [6.07, 6.45) is 0.202. The van der Waals surface area contributed by atoms with Crippen LogP contribution < -0.4 is 9.62 Å². The number of aryl methyl sites for hydroxylation is 1. The Morgan fingerprint density at radius 1 is 0.822 bits per heavy atom. The van der Waals surface area contributed by atoms with E-state index in [2.05, 4.69) is 5.32 Å². The van der Waals surface area contributed by atoms with Crippen LogP contribution in [0, 0.1) is 12.7 Å². The predicted molar refractivity (Wildman–Crippen MR) is 176 cm³/mol. The van der Waals surface area contributed by atoms with Crippen molar-refractivity contribution >= 4 is 27.5 Å². The fourth-order valence-electron chi connectivity index (χ4n) is 5.02. The third-order valence-corrected chi connectivity index (χ3v) is 9.41. The fraction of sp³-hybridized carbons (Fsp3) is 0.278. The lowest BCUT2D eigenvalue weighted by atomic mass is 10.0. The van der Waals surface area contributed by atoms with Crippen molar-refractivity contribution in [3.63, 3.8) is 0 Å². The van der Waals surface area contributed by atoms with Crippen LogP contribution in [0.2, 0.25) is 0 Å². The number of carbonyl (C=O) groups excluding carboxylic acids is 2. The average molecular weight is 630 g/mol. The Morgan fingerprint density at radius 2 is 1.44 bits per heavy atom. The smallest absolute Gasteiger partial charge is 0.264 e. The highest BCUT2D eigenvalue weighted by atomic mass is 32.2. The minimum atomic E-state index is -4.19. The maximum Gasteiger partial charge on any atom is 0.264 e. The summed E-state index contributed by atoms with van der Waals surface area (Å²) < 4.78 is 43.2. The largest absolute Gasteiger partial charge is 0.355 e. The molecule has 9 heteroatoms. The summed E-state index contributed by atoms with van der Waals surface area (Å²) in [6.45, 7) is 7.51. The van der Waals surface area contributed by atoms with E-state index in [-0.39, 0.29) is 29.7 Å². The first-order chi connectivity index (χ1) is 21.5. The predicted octanol–water partition coefficient (Wildman–Crippen LogP) is 6.23. The molecule has 2 amide bonds. The maximum absolute atomic E-state index is 14.4. The molecule has 0 heterocycles. The number of sulfonamides is 1. The molecule has 0 spiro atoms. The Labute approximate surface area is 265 Å². The van der Waals surface area contributed by atoms with E-state index >= 15 is 0 Å². The molecule has 7 nitrogen and oxygen atoms in total. The van der Waals surface area contributed by atoms with Crippen LogP contribution in [0.4, 0.5) is 10.1 Å². The van der Waals surface area contributed by atoms with E-state index in [1.807, 2.05) is 63.2 Å². The van der Waals surface area contributed by atoms with Crippen molar-refractivity contribution in [2.24, 2.45) is 0 Å². The van der Waals surface area contributed by atoms with Crippen LogP contribution in [-0.2, 0) is 32.6 Å². The topological polar surface area (TPSA) is 86.8 Å². The summed E-state index contributed by atoms with van der Waals surface area (Å²) in [7, 11) is -4.19. The second-order valence-electron chi connectivity index (χ2n) is 11.3. The number of likely N-dealkylation sites (N-methyl/N-ethyl adjacent to an activating group) is 1. The molecular formula is C36H40FN3O4S. The zero-order valence-electron chi connectivity index (χ0n) is 26.1. The molecule has 236 valence electrons. The van der Waals surface area contributed by atoms with Crippen molar-refractivity contribution in [2.75, 3.05) is 17.4 Å². The normalized spacial score (nSPS) is 12.0. The molecule has 0 aromatic heterocycles. The second kappa shape index (κ2) is 15.0. The lowest BCUT2D eigenvalue weighted by Crippen LogP contribution is -2.53. The SMILES string of the molecule is CCNC(=O)C(Cc1ccccc1)N(Cc1ccc(F)cc1)C(=O)CN(c1ccc(C(C)C)cc1)S(=O)(=O)c1ccc(C)cc1. The van der Waals surface area contributed by atoms with Gasteiger partial charge in [0, 0.05) is 19.5 Å². The quantitative estimate of drug-likeness (QED) is 0.190. The van der Waals surface area contributed by atoms with Gasteiger partial charge in [-0.05, 0) is 72.9 Å². The number of amides is 2. The molecule has 4 rings (SSSR count). The Bertz CT molecular complexity index is 1680. The molecule has 1 N–H and O–H groups in total. The molecule has 4 aromatic carbocycles. The highest BCUT2D eigenvalue weighted by Gasteiger charge is 2.34. The highest BCUT2D eigenvalue weighted by molar-refractivity contribution is 7.92. The molecule has 0 bridgehead atoms. The first-order valence-corrected chi connectivity index (χ1v) is 16.5. The lowest BCUT2D eigenvalue weighted by molar-refractivity contribution is -0.140. The monoisotopic (exact) mass is 629 g/mol. The second-order valence-corrected chi connectivity index (χ2v) is 13.2. The van der Waals surface area contributed by atoms with Gasteiger partial charge in [-0.3, -0.25) is 13.9 Å². The van der Waals surface area contributed by atoms with Gasteiger partial charge in [0.1, 0.15) is 18.4 Å². The number of carbonyl (C=O) groups is 2. The van der Waals surface area contributed by atoms with Gasteiger partial charge in [0.05, 0.1) is 10.6 Å². The van der Waals surface area contributed by atoms with E-state index in [1.165, 1.54) is 29.2 Å². The van der Waals surface area contributed by atoms with Gasteiger partial charge in [-0.25, -0.2) is 12.8 Å². The van der Waals surface area contributed by atoms with Crippen molar-refractivity contribution in [3.05, 3.63) is 131 Å². The molecule has 0 radical (unpaired) electrons. The molecule has 0 saturated heterocycles. The number of nitrogens with zero attached hydrogens (tertiary/aromatic N) is 2. The average Bonchev–Trinajstić information content (AvgIpc) is 3.03. The molecule has 0 saturated carbocycles.